The zero-order valence-electron chi connectivity index (χ0n) is 14.0. The third-order valence-electron chi connectivity index (χ3n) is 4.50. The van der Waals surface area contributed by atoms with Gasteiger partial charge in [-0.15, -0.1) is 0 Å². The SMILES string of the molecule is O=C(C[NH+]1CCN(c2ccc(O)cc2)CC1)NCc1ccc(F)cc1. The van der Waals surface area contributed by atoms with Gasteiger partial charge in [0.05, 0.1) is 26.2 Å². The molecule has 1 amide bonds. The highest BCUT2D eigenvalue weighted by Gasteiger charge is 2.22. The van der Waals surface area contributed by atoms with Crippen LogP contribution in [0.2, 0.25) is 0 Å². The van der Waals surface area contributed by atoms with Gasteiger partial charge in [-0.05, 0) is 42.0 Å². The molecule has 0 aliphatic carbocycles. The second-order valence-corrected chi connectivity index (χ2v) is 6.33. The van der Waals surface area contributed by atoms with Crippen molar-refractivity contribution in [1.82, 2.24) is 5.32 Å². The predicted molar refractivity (Wildman–Crippen MR) is 94.1 cm³/mol. The average molecular weight is 344 g/mol. The van der Waals surface area contributed by atoms with Crippen LogP contribution in [0.5, 0.6) is 5.75 Å². The molecule has 25 heavy (non-hydrogen) atoms. The number of phenolic OH excluding ortho intramolecular Hbond substituents is 1. The van der Waals surface area contributed by atoms with Gasteiger partial charge in [-0.3, -0.25) is 4.79 Å². The molecular formula is C19H23FN3O2+. The second-order valence-electron chi connectivity index (χ2n) is 6.33. The summed E-state index contributed by atoms with van der Waals surface area (Å²) in [6.07, 6.45) is 0. The summed E-state index contributed by atoms with van der Waals surface area (Å²) in [5.41, 5.74) is 1.99. The second kappa shape index (κ2) is 7.98. The average Bonchev–Trinajstić information content (AvgIpc) is 2.63. The number of phenols is 1. The number of halogens is 1. The summed E-state index contributed by atoms with van der Waals surface area (Å²) in [6, 6.07) is 13.4. The number of hydrogen-bond acceptors (Lipinski definition) is 3. The summed E-state index contributed by atoms with van der Waals surface area (Å²) in [5, 5.41) is 12.2. The van der Waals surface area contributed by atoms with E-state index < -0.39 is 0 Å². The summed E-state index contributed by atoms with van der Waals surface area (Å²) >= 11 is 0. The van der Waals surface area contributed by atoms with E-state index in [0.717, 1.165) is 37.4 Å². The van der Waals surface area contributed by atoms with Gasteiger partial charge in [0.25, 0.3) is 5.91 Å². The van der Waals surface area contributed by atoms with E-state index >= 15 is 0 Å². The third-order valence-corrected chi connectivity index (χ3v) is 4.50. The first-order chi connectivity index (χ1) is 12.1. The van der Waals surface area contributed by atoms with Gasteiger partial charge in [0, 0.05) is 12.2 Å². The monoisotopic (exact) mass is 344 g/mol. The summed E-state index contributed by atoms with van der Waals surface area (Å²) in [5.74, 6) is 0.00858. The van der Waals surface area contributed by atoms with Gasteiger partial charge in [-0.25, -0.2) is 4.39 Å². The molecule has 0 atom stereocenters. The molecule has 0 spiro atoms. The summed E-state index contributed by atoms with van der Waals surface area (Å²) in [6.45, 7) is 4.42. The van der Waals surface area contributed by atoms with E-state index in [4.69, 9.17) is 0 Å². The summed E-state index contributed by atoms with van der Waals surface area (Å²) < 4.78 is 12.9. The van der Waals surface area contributed by atoms with E-state index in [1.807, 2.05) is 12.1 Å². The largest absolute Gasteiger partial charge is 0.508 e. The number of hydrogen-bond donors (Lipinski definition) is 3. The lowest BCUT2D eigenvalue weighted by Gasteiger charge is -2.33. The van der Waals surface area contributed by atoms with Gasteiger partial charge in [0.15, 0.2) is 6.54 Å². The van der Waals surface area contributed by atoms with E-state index in [0.29, 0.717) is 13.1 Å². The molecule has 1 fully saturated rings. The first-order valence-electron chi connectivity index (χ1n) is 8.49. The number of anilines is 1. The molecule has 3 rings (SSSR count). The molecule has 0 radical (unpaired) electrons. The maximum absolute atomic E-state index is 12.9. The van der Waals surface area contributed by atoms with Crippen LogP contribution in [0.3, 0.4) is 0 Å². The molecule has 0 saturated carbocycles. The maximum atomic E-state index is 12.9. The Balaban J connectivity index is 1.41. The van der Waals surface area contributed by atoms with E-state index in [1.165, 1.54) is 17.0 Å². The lowest BCUT2D eigenvalue weighted by Crippen LogP contribution is -3.15. The summed E-state index contributed by atoms with van der Waals surface area (Å²) in [4.78, 5) is 15.6. The topological polar surface area (TPSA) is 57.0 Å². The Labute approximate surface area is 146 Å². The normalized spacial score (nSPS) is 15.2. The number of amides is 1. The number of aromatic hydroxyl groups is 1. The van der Waals surface area contributed by atoms with Crippen molar-refractivity contribution in [1.29, 1.82) is 0 Å². The number of quaternary nitrogens is 1. The van der Waals surface area contributed by atoms with Gasteiger partial charge < -0.3 is 20.2 Å². The summed E-state index contributed by atoms with van der Waals surface area (Å²) in [7, 11) is 0. The Hall–Kier alpha value is -2.60. The Bertz CT molecular complexity index is 696. The van der Waals surface area contributed by atoms with Gasteiger partial charge in [0.2, 0.25) is 0 Å². The van der Waals surface area contributed by atoms with E-state index in [-0.39, 0.29) is 17.5 Å². The van der Waals surface area contributed by atoms with Gasteiger partial charge in [0.1, 0.15) is 11.6 Å². The van der Waals surface area contributed by atoms with Crippen molar-refractivity contribution in [2.45, 2.75) is 6.54 Å². The Morgan fingerprint density at radius 3 is 2.36 bits per heavy atom. The van der Waals surface area contributed by atoms with Crippen LogP contribution >= 0.6 is 0 Å². The number of carbonyl (C=O) groups is 1. The minimum absolute atomic E-state index is 0.0115. The van der Waals surface area contributed by atoms with Gasteiger partial charge >= 0.3 is 0 Å². The highest BCUT2D eigenvalue weighted by atomic mass is 19.1. The molecule has 2 aromatic carbocycles. The van der Waals surface area contributed by atoms with E-state index in [1.54, 1.807) is 24.3 Å². The maximum Gasteiger partial charge on any atom is 0.275 e. The van der Waals surface area contributed by atoms with Crippen molar-refractivity contribution in [3.05, 3.63) is 59.9 Å². The zero-order valence-corrected chi connectivity index (χ0v) is 14.0. The quantitative estimate of drug-likeness (QED) is 0.743. The molecular weight excluding hydrogens is 321 g/mol. The number of nitrogens with zero attached hydrogens (tertiary/aromatic N) is 1. The van der Waals surface area contributed by atoms with Crippen molar-refractivity contribution in [2.24, 2.45) is 0 Å². The lowest BCUT2D eigenvalue weighted by molar-refractivity contribution is -0.892. The molecule has 0 bridgehead atoms. The van der Waals surface area contributed by atoms with Crippen molar-refractivity contribution >= 4 is 11.6 Å². The zero-order chi connectivity index (χ0) is 17.6. The smallest absolute Gasteiger partial charge is 0.275 e. The van der Waals surface area contributed by atoms with Crippen LogP contribution in [0.15, 0.2) is 48.5 Å². The van der Waals surface area contributed by atoms with Crippen LogP contribution in [0.4, 0.5) is 10.1 Å². The molecule has 0 unspecified atom stereocenters. The molecule has 1 aliphatic rings. The van der Waals surface area contributed by atoms with E-state index in [2.05, 4.69) is 10.2 Å². The molecule has 3 N–H and O–H groups in total. The third kappa shape index (κ3) is 4.93. The standard InChI is InChI=1S/C19H22FN3O2/c20-16-3-1-15(2-4-16)13-21-19(25)14-22-9-11-23(12-10-22)17-5-7-18(24)8-6-17/h1-8,24H,9-14H2,(H,21,25)/p+1. The van der Waals surface area contributed by atoms with Crippen LogP contribution in [0.1, 0.15) is 5.56 Å². The van der Waals surface area contributed by atoms with Crippen molar-refractivity contribution in [2.75, 3.05) is 37.6 Å². The number of carbonyl (C=O) groups excluding carboxylic acids is 1. The van der Waals surface area contributed by atoms with Crippen LogP contribution in [0, 0.1) is 5.82 Å². The minimum Gasteiger partial charge on any atom is -0.508 e. The van der Waals surface area contributed by atoms with Crippen molar-refractivity contribution in [3.63, 3.8) is 0 Å². The molecule has 5 nitrogen and oxygen atoms in total. The fourth-order valence-electron chi connectivity index (χ4n) is 3.01. The molecule has 0 aromatic heterocycles. The number of piperazine rings is 1. The van der Waals surface area contributed by atoms with Gasteiger partial charge in [-0.2, -0.15) is 0 Å². The number of nitrogens with one attached hydrogen (secondary N) is 2. The minimum atomic E-state index is -0.272. The lowest BCUT2D eigenvalue weighted by atomic mass is 10.2. The Kier molecular flexibility index (Phi) is 5.50. The number of benzene rings is 2. The first-order valence-corrected chi connectivity index (χ1v) is 8.49. The predicted octanol–water partition coefficient (Wildman–Crippen LogP) is 0.553. The van der Waals surface area contributed by atoms with Crippen LogP contribution in [0.25, 0.3) is 0 Å². The molecule has 1 saturated heterocycles. The van der Waals surface area contributed by atoms with Crippen molar-refractivity contribution < 1.29 is 19.2 Å². The van der Waals surface area contributed by atoms with E-state index in [9.17, 15) is 14.3 Å². The van der Waals surface area contributed by atoms with Gasteiger partial charge in [-0.1, -0.05) is 12.1 Å². The highest BCUT2D eigenvalue weighted by molar-refractivity contribution is 5.76. The van der Waals surface area contributed by atoms with Crippen LogP contribution < -0.4 is 15.1 Å². The van der Waals surface area contributed by atoms with Crippen molar-refractivity contribution in [3.8, 4) is 5.75 Å². The molecule has 1 aliphatic heterocycles. The molecule has 132 valence electrons. The first kappa shape index (κ1) is 17.2. The molecule has 2 aromatic rings. The fourth-order valence-corrected chi connectivity index (χ4v) is 3.01. The van der Waals surface area contributed by atoms with Crippen LogP contribution in [-0.2, 0) is 11.3 Å². The molecule has 6 heteroatoms. The Morgan fingerprint density at radius 1 is 1.08 bits per heavy atom. The highest BCUT2D eigenvalue weighted by Crippen LogP contribution is 2.18. The number of rotatable bonds is 5. The Morgan fingerprint density at radius 2 is 1.72 bits per heavy atom. The molecule has 1 heterocycles. The van der Waals surface area contributed by atoms with Crippen LogP contribution in [-0.4, -0.2) is 43.7 Å². The fraction of sp³-hybridized carbons (Fsp3) is 0.316.